The Morgan fingerprint density at radius 2 is 2.14 bits per heavy atom. The van der Waals surface area contributed by atoms with Gasteiger partial charge in [-0.2, -0.15) is 0 Å². The van der Waals surface area contributed by atoms with Crippen LogP contribution in [0, 0.1) is 0 Å². The van der Waals surface area contributed by atoms with E-state index >= 15 is 0 Å². The predicted octanol–water partition coefficient (Wildman–Crippen LogP) is 2.42. The Bertz CT molecular complexity index is 550. The smallest absolute Gasteiger partial charge is 0.223 e. The Labute approximate surface area is 131 Å². The van der Waals surface area contributed by atoms with Crippen molar-refractivity contribution in [1.82, 2.24) is 14.9 Å². The number of hydrogen-bond acceptors (Lipinski definition) is 3. The third-order valence-electron chi connectivity index (χ3n) is 3.40. The van der Waals surface area contributed by atoms with Crippen LogP contribution in [0.15, 0.2) is 43.0 Å². The highest BCUT2D eigenvalue weighted by molar-refractivity contribution is 5.75. The minimum Gasteiger partial charge on any atom is -0.493 e. The molecule has 0 fully saturated rings. The lowest BCUT2D eigenvalue weighted by Crippen LogP contribution is -2.26. The lowest BCUT2D eigenvalue weighted by Gasteiger charge is -2.08. The van der Waals surface area contributed by atoms with E-state index in [1.165, 1.54) is 5.56 Å². The molecule has 1 amide bonds. The molecule has 0 spiro atoms. The molecule has 1 heterocycles. The van der Waals surface area contributed by atoms with Crippen LogP contribution < -0.4 is 10.1 Å². The third kappa shape index (κ3) is 5.60. The Kier molecular flexibility index (Phi) is 6.48. The number of imidazole rings is 1. The summed E-state index contributed by atoms with van der Waals surface area (Å²) in [5, 5.41) is 2.90. The van der Waals surface area contributed by atoms with E-state index in [4.69, 9.17) is 4.74 Å². The second kappa shape index (κ2) is 8.87. The molecular weight excluding hydrogens is 278 g/mol. The maximum absolute atomic E-state index is 11.7. The molecule has 2 rings (SSSR count). The second-order valence-electron chi connectivity index (χ2n) is 5.10. The molecule has 118 valence electrons. The number of nitrogens with zero attached hydrogens (tertiary/aromatic N) is 2. The zero-order valence-corrected chi connectivity index (χ0v) is 13.0. The highest BCUT2D eigenvalue weighted by atomic mass is 16.5. The third-order valence-corrected chi connectivity index (χ3v) is 3.40. The zero-order valence-electron chi connectivity index (χ0n) is 13.0. The molecule has 1 N–H and O–H groups in total. The number of carbonyl (C=O) groups is 1. The van der Waals surface area contributed by atoms with Gasteiger partial charge in [-0.1, -0.05) is 19.1 Å². The number of rotatable bonds is 9. The summed E-state index contributed by atoms with van der Waals surface area (Å²) in [7, 11) is 0. The fourth-order valence-corrected chi connectivity index (χ4v) is 2.08. The molecular formula is C17H23N3O2. The molecule has 0 aliphatic heterocycles. The number of aromatic nitrogens is 2. The van der Waals surface area contributed by atoms with Gasteiger partial charge in [0.1, 0.15) is 5.75 Å². The first-order chi connectivity index (χ1) is 10.8. The summed E-state index contributed by atoms with van der Waals surface area (Å²) in [6.45, 7) is 4.05. The molecule has 0 aliphatic rings. The standard InChI is InChI=1S/C17H23N3O2/c1-2-15-4-6-16(7-5-15)22-13-8-17(21)19-9-3-11-20-12-10-18-14-20/h4-7,10,12,14H,2-3,8-9,11,13H2,1H3,(H,19,21). The summed E-state index contributed by atoms with van der Waals surface area (Å²) in [4.78, 5) is 15.7. The van der Waals surface area contributed by atoms with Crippen molar-refractivity contribution in [2.24, 2.45) is 0 Å². The van der Waals surface area contributed by atoms with Crippen LogP contribution in [0.5, 0.6) is 5.75 Å². The monoisotopic (exact) mass is 301 g/mol. The number of hydrogen-bond donors (Lipinski definition) is 1. The minimum atomic E-state index is 0.0239. The maximum Gasteiger partial charge on any atom is 0.223 e. The van der Waals surface area contributed by atoms with Crippen molar-refractivity contribution < 1.29 is 9.53 Å². The highest BCUT2D eigenvalue weighted by Crippen LogP contribution is 2.12. The average molecular weight is 301 g/mol. The number of nitrogens with one attached hydrogen (secondary N) is 1. The van der Waals surface area contributed by atoms with E-state index < -0.39 is 0 Å². The number of benzene rings is 1. The second-order valence-corrected chi connectivity index (χ2v) is 5.10. The van der Waals surface area contributed by atoms with Crippen LogP contribution in [-0.2, 0) is 17.8 Å². The van der Waals surface area contributed by atoms with E-state index in [9.17, 15) is 4.79 Å². The van der Waals surface area contributed by atoms with Crippen molar-refractivity contribution in [3.05, 3.63) is 48.5 Å². The normalized spacial score (nSPS) is 10.4. The van der Waals surface area contributed by atoms with Crippen molar-refractivity contribution in [3.63, 3.8) is 0 Å². The summed E-state index contributed by atoms with van der Waals surface area (Å²) < 4.78 is 7.56. The van der Waals surface area contributed by atoms with Crippen LogP contribution in [0.4, 0.5) is 0 Å². The highest BCUT2D eigenvalue weighted by Gasteiger charge is 2.02. The summed E-state index contributed by atoms with van der Waals surface area (Å²) in [5.74, 6) is 0.834. The number of carbonyl (C=O) groups excluding carboxylic acids is 1. The van der Waals surface area contributed by atoms with Gasteiger partial charge in [0.05, 0.1) is 19.4 Å². The topological polar surface area (TPSA) is 56.1 Å². The van der Waals surface area contributed by atoms with E-state index in [1.807, 2.05) is 35.0 Å². The number of ether oxygens (including phenoxy) is 1. The van der Waals surface area contributed by atoms with Gasteiger partial charge in [-0.05, 0) is 30.5 Å². The minimum absolute atomic E-state index is 0.0239. The van der Waals surface area contributed by atoms with Gasteiger partial charge in [-0.15, -0.1) is 0 Å². The Morgan fingerprint density at radius 1 is 1.32 bits per heavy atom. The summed E-state index contributed by atoms with van der Waals surface area (Å²) in [6, 6.07) is 7.99. The van der Waals surface area contributed by atoms with Gasteiger partial charge >= 0.3 is 0 Å². The molecule has 2 aromatic rings. The van der Waals surface area contributed by atoms with Crippen LogP contribution >= 0.6 is 0 Å². The fraction of sp³-hybridized carbons (Fsp3) is 0.412. The Hall–Kier alpha value is -2.30. The van der Waals surface area contributed by atoms with Gasteiger partial charge in [-0.25, -0.2) is 4.98 Å². The molecule has 1 aromatic carbocycles. The molecule has 0 saturated heterocycles. The quantitative estimate of drug-likeness (QED) is 0.724. The van der Waals surface area contributed by atoms with E-state index in [2.05, 4.69) is 17.2 Å². The molecule has 0 atom stereocenters. The Morgan fingerprint density at radius 3 is 2.82 bits per heavy atom. The summed E-state index contributed by atoms with van der Waals surface area (Å²) in [6.07, 6.45) is 7.73. The molecule has 5 nitrogen and oxygen atoms in total. The Balaban J connectivity index is 1.55. The van der Waals surface area contributed by atoms with Gasteiger partial charge in [0, 0.05) is 25.5 Å². The van der Waals surface area contributed by atoms with Gasteiger partial charge in [0.25, 0.3) is 0 Å². The van der Waals surface area contributed by atoms with E-state index in [-0.39, 0.29) is 5.91 Å². The van der Waals surface area contributed by atoms with Gasteiger partial charge in [0.15, 0.2) is 0 Å². The first-order valence-electron chi connectivity index (χ1n) is 7.72. The molecule has 0 unspecified atom stereocenters. The van der Waals surface area contributed by atoms with E-state index in [0.29, 0.717) is 19.6 Å². The average Bonchev–Trinajstić information content (AvgIpc) is 3.06. The van der Waals surface area contributed by atoms with Crippen LogP contribution in [0.1, 0.15) is 25.3 Å². The van der Waals surface area contributed by atoms with Gasteiger partial charge in [0.2, 0.25) is 5.91 Å². The molecule has 0 radical (unpaired) electrons. The lowest BCUT2D eigenvalue weighted by molar-refractivity contribution is -0.121. The first kappa shape index (κ1) is 16.1. The van der Waals surface area contributed by atoms with Crippen molar-refractivity contribution in [2.75, 3.05) is 13.2 Å². The molecule has 1 aromatic heterocycles. The van der Waals surface area contributed by atoms with Crippen LogP contribution in [0.3, 0.4) is 0 Å². The molecule has 0 saturated carbocycles. The maximum atomic E-state index is 11.7. The van der Waals surface area contributed by atoms with Crippen LogP contribution in [0.2, 0.25) is 0 Å². The predicted molar refractivity (Wildman–Crippen MR) is 85.8 cm³/mol. The molecule has 0 bridgehead atoms. The first-order valence-corrected chi connectivity index (χ1v) is 7.72. The van der Waals surface area contributed by atoms with Crippen molar-refractivity contribution >= 4 is 5.91 Å². The van der Waals surface area contributed by atoms with Crippen LogP contribution in [0.25, 0.3) is 0 Å². The lowest BCUT2D eigenvalue weighted by atomic mass is 10.2. The SMILES string of the molecule is CCc1ccc(OCCC(=O)NCCCn2ccnc2)cc1. The fourth-order valence-electron chi connectivity index (χ4n) is 2.08. The molecule has 0 aliphatic carbocycles. The van der Waals surface area contributed by atoms with Crippen molar-refractivity contribution in [3.8, 4) is 5.75 Å². The summed E-state index contributed by atoms with van der Waals surface area (Å²) in [5.41, 5.74) is 1.28. The van der Waals surface area contributed by atoms with Crippen molar-refractivity contribution in [2.45, 2.75) is 32.7 Å². The van der Waals surface area contributed by atoms with Crippen molar-refractivity contribution in [1.29, 1.82) is 0 Å². The largest absolute Gasteiger partial charge is 0.493 e. The van der Waals surface area contributed by atoms with Gasteiger partial charge < -0.3 is 14.6 Å². The van der Waals surface area contributed by atoms with Gasteiger partial charge in [-0.3, -0.25) is 4.79 Å². The number of amides is 1. The zero-order chi connectivity index (χ0) is 15.6. The molecule has 22 heavy (non-hydrogen) atoms. The number of aryl methyl sites for hydroxylation is 2. The van der Waals surface area contributed by atoms with Crippen LogP contribution in [-0.4, -0.2) is 28.6 Å². The summed E-state index contributed by atoms with van der Waals surface area (Å²) >= 11 is 0. The molecule has 5 heteroatoms. The van der Waals surface area contributed by atoms with E-state index in [0.717, 1.165) is 25.1 Å². The van der Waals surface area contributed by atoms with E-state index in [1.54, 1.807) is 12.5 Å².